The molecule has 0 bridgehead atoms. The molecule has 1 atom stereocenters. The summed E-state index contributed by atoms with van der Waals surface area (Å²) in [6.07, 6.45) is 0.910. The Morgan fingerprint density at radius 3 is 3.06 bits per heavy atom. The van der Waals surface area contributed by atoms with Gasteiger partial charge in [-0.2, -0.15) is 4.98 Å². The van der Waals surface area contributed by atoms with Gasteiger partial charge in [0.15, 0.2) is 5.82 Å². The number of rotatable bonds is 2. The van der Waals surface area contributed by atoms with E-state index in [4.69, 9.17) is 9.26 Å². The zero-order valence-corrected chi connectivity index (χ0v) is 9.97. The highest BCUT2D eigenvalue weighted by atomic mass is 16.5. The minimum absolute atomic E-state index is 0.172. The molecule has 2 aromatic rings. The van der Waals surface area contributed by atoms with E-state index in [0.29, 0.717) is 23.9 Å². The molecule has 94 valence electrons. The summed E-state index contributed by atoms with van der Waals surface area (Å²) in [6.45, 7) is 3.18. The molecule has 1 saturated heterocycles. The third-order valence-corrected chi connectivity index (χ3v) is 2.96. The summed E-state index contributed by atoms with van der Waals surface area (Å²) in [7, 11) is 0. The van der Waals surface area contributed by atoms with Crippen LogP contribution in [0.4, 0.5) is 0 Å². The smallest absolute Gasteiger partial charge is 0.258 e. The number of pyridine rings is 1. The van der Waals surface area contributed by atoms with Gasteiger partial charge in [-0.3, -0.25) is 4.79 Å². The second-order valence-corrected chi connectivity index (χ2v) is 4.43. The summed E-state index contributed by atoms with van der Waals surface area (Å²) in [5.74, 6) is 1.23. The lowest BCUT2D eigenvalue weighted by molar-refractivity contribution is 0.192. The molecular formula is C12H13N3O3. The largest absolute Gasteiger partial charge is 0.381 e. The van der Waals surface area contributed by atoms with Crippen molar-refractivity contribution >= 4 is 0 Å². The molecule has 0 aliphatic carbocycles. The zero-order chi connectivity index (χ0) is 12.5. The van der Waals surface area contributed by atoms with E-state index in [1.165, 1.54) is 6.07 Å². The van der Waals surface area contributed by atoms with Crippen molar-refractivity contribution in [3.05, 3.63) is 34.0 Å². The molecule has 18 heavy (non-hydrogen) atoms. The molecule has 1 N–H and O–H groups in total. The molecule has 3 heterocycles. The van der Waals surface area contributed by atoms with Crippen LogP contribution in [0.1, 0.15) is 23.9 Å². The minimum atomic E-state index is -0.172. The molecule has 0 saturated carbocycles. The van der Waals surface area contributed by atoms with Crippen molar-refractivity contribution in [2.75, 3.05) is 13.2 Å². The van der Waals surface area contributed by atoms with Crippen LogP contribution in [0.2, 0.25) is 0 Å². The van der Waals surface area contributed by atoms with Crippen molar-refractivity contribution in [2.45, 2.75) is 19.3 Å². The van der Waals surface area contributed by atoms with E-state index in [-0.39, 0.29) is 11.5 Å². The predicted octanol–water partition coefficient (Wildman–Crippen LogP) is 1.24. The summed E-state index contributed by atoms with van der Waals surface area (Å²) in [4.78, 5) is 18.4. The minimum Gasteiger partial charge on any atom is -0.381 e. The highest BCUT2D eigenvalue weighted by Crippen LogP contribution is 2.25. The van der Waals surface area contributed by atoms with Gasteiger partial charge in [0, 0.05) is 29.8 Å². The molecule has 0 aromatic carbocycles. The first-order chi connectivity index (χ1) is 8.72. The molecule has 0 unspecified atom stereocenters. The number of aromatic nitrogens is 3. The molecule has 1 aliphatic heterocycles. The number of hydrogen-bond acceptors (Lipinski definition) is 5. The highest BCUT2D eigenvalue weighted by molar-refractivity contribution is 5.52. The van der Waals surface area contributed by atoms with Crippen LogP contribution in [0.15, 0.2) is 21.5 Å². The van der Waals surface area contributed by atoms with E-state index < -0.39 is 0 Å². The van der Waals surface area contributed by atoms with Gasteiger partial charge < -0.3 is 14.2 Å². The summed E-state index contributed by atoms with van der Waals surface area (Å²) in [6, 6.07) is 3.26. The number of aryl methyl sites for hydroxylation is 1. The third kappa shape index (κ3) is 2.06. The summed E-state index contributed by atoms with van der Waals surface area (Å²) >= 11 is 0. The lowest BCUT2D eigenvalue weighted by atomic mass is 10.1. The SMILES string of the molecule is Cc1cc(-c2nc([C@@H]3CCOC3)no2)cc(=O)[nH]1. The Hall–Kier alpha value is -1.95. The monoisotopic (exact) mass is 247 g/mol. The van der Waals surface area contributed by atoms with Gasteiger partial charge in [-0.05, 0) is 19.4 Å². The number of nitrogens with zero attached hydrogens (tertiary/aromatic N) is 2. The zero-order valence-electron chi connectivity index (χ0n) is 9.97. The topological polar surface area (TPSA) is 81.0 Å². The van der Waals surface area contributed by atoms with Gasteiger partial charge in [-0.25, -0.2) is 0 Å². The molecule has 6 nitrogen and oxygen atoms in total. The quantitative estimate of drug-likeness (QED) is 0.863. The second kappa shape index (κ2) is 4.38. The Morgan fingerprint density at radius 1 is 1.44 bits per heavy atom. The molecule has 2 aromatic heterocycles. The van der Waals surface area contributed by atoms with Crippen LogP contribution in [-0.2, 0) is 4.74 Å². The molecular weight excluding hydrogens is 234 g/mol. The fraction of sp³-hybridized carbons (Fsp3) is 0.417. The maximum atomic E-state index is 11.4. The Bertz CT molecular complexity index is 611. The van der Waals surface area contributed by atoms with E-state index >= 15 is 0 Å². The van der Waals surface area contributed by atoms with Crippen LogP contribution in [0, 0.1) is 6.92 Å². The van der Waals surface area contributed by atoms with E-state index in [2.05, 4.69) is 15.1 Å². The van der Waals surface area contributed by atoms with Crippen LogP contribution in [-0.4, -0.2) is 28.3 Å². The first-order valence-electron chi connectivity index (χ1n) is 5.85. The van der Waals surface area contributed by atoms with Crippen molar-refractivity contribution in [1.82, 2.24) is 15.1 Å². The molecule has 6 heteroatoms. The number of hydrogen-bond donors (Lipinski definition) is 1. The molecule has 0 amide bonds. The Morgan fingerprint density at radius 2 is 2.33 bits per heavy atom. The van der Waals surface area contributed by atoms with Crippen LogP contribution in [0.5, 0.6) is 0 Å². The van der Waals surface area contributed by atoms with Crippen LogP contribution < -0.4 is 5.56 Å². The van der Waals surface area contributed by atoms with Crippen LogP contribution in [0.3, 0.4) is 0 Å². The number of aromatic amines is 1. The van der Waals surface area contributed by atoms with E-state index in [9.17, 15) is 4.79 Å². The fourth-order valence-corrected chi connectivity index (χ4v) is 2.06. The Kier molecular flexibility index (Phi) is 2.71. The van der Waals surface area contributed by atoms with Gasteiger partial charge >= 0.3 is 0 Å². The van der Waals surface area contributed by atoms with E-state index in [0.717, 1.165) is 18.7 Å². The second-order valence-electron chi connectivity index (χ2n) is 4.43. The molecule has 0 radical (unpaired) electrons. The van der Waals surface area contributed by atoms with Crippen molar-refractivity contribution in [1.29, 1.82) is 0 Å². The molecule has 1 aliphatic rings. The standard InChI is InChI=1S/C12H13N3O3/c1-7-4-9(5-10(16)13-7)12-14-11(15-18-12)8-2-3-17-6-8/h4-5,8H,2-3,6H2,1H3,(H,13,16)/t8-/m1/s1. The van der Waals surface area contributed by atoms with Crippen molar-refractivity contribution in [3.63, 3.8) is 0 Å². The van der Waals surface area contributed by atoms with Gasteiger partial charge in [0.1, 0.15) is 0 Å². The third-order valence-electron chi connectivity index (χ3n) is 2.96. The van der Waals surface area contributed by atoms with E-state index in [1.54, 1.807) is 0 Å². The Balaban J connectivity index is 1.94. The van der Waals surface area contributed by atoms with Crippen molar-refractivity contribution in [3.8, 4) is 11.5 Å². The summed E-state index contributed by atoms with van der Waals surface area (Å²) in [5.41, 5.74) is 1.24. The van der Waals surface area contributed by atoms with Gasteiger partial charge in [0.2, 0.25) is 5.56 Å². The van der Waals surface area contributed by atoms with Crippen molar-refractivity contribution in [2.24, 2.45) is 0 Å². The first-order valence-corrected chi connectivity index (χ1v) is 5.85. The highest BCUT2D eigenvalue weighted by Gasteiger charge is 2.23. The molecule has 0 spiro atoms. The molecule has 1 fully saturated rings. The lowest BCUT2D eigenvalue weighted by Crippen LogP contribution is -2.05. The molecule has 3 rings (SSSR count). The van der Waals surface area contributed by atoms with Gasteiger partial charge in [0.05, 0.1) is 6.61 Å². The summed E-state index contributed by atoms with van der Waals surface area (Å²) in [5, 5.41) is 3.96. The maximum Gasteiger partial charge on any atom is 0.258 e. The van der Waals surface area contributed by atoms with Gasteiger partial charge in [0.25, 0.3) is 5.89 Å². The number of H-pyrrole nitrogens is 1. The predicted molar refractivity (Wildman–Crippen MR) is 63.3 cm³/mol. The maximum absolute atomic E-state index is 11.4. The average molecular weight is 247 g/mol. The lowest BCUT2D eigenvalue weighted by Gasteiger charge is -1.98. The number of nitrogens with one attached hydrogen (secondary N) is 1. The fourth-order valence-electron chi connectivity index (χ4n) is 2.06. The normalized spacial score (nSPS) is 19.3. The average Bonchev–Trinajstić information content (AvgIpc) is 2.99. The number of ether oxygens (including phenoxy) is 1. The Labute approximate surface area is 103 Å². The van der Waals surface area contributed by atoms with Gasteiger partial charge in [-0.1, -0.05) is 5.16 Å². The van der Waals surface area contributed by atoms with Crippen LogP contribution in [0.25, 0.3) is 11.5 Å². The van der Waals surface area contributed by atoms with E-state index in [1.807, 2.05) is 13.0 Å². The van der Waals surface area contributed by atoms with Crippen molar-refractivity contribution < 1.29 is 9.26 Å². The van der Waals surface area contributed by atoms with Crippen LogP contribution >= 0.6 is 0 Å². The van der Waals surface area contributed by atoms with Gasteiger partial charge in [-0.15, -0.1) is 0 Å². The summed E-state index contributed by atoms with van der Waals surface area (Å²) < 4.78 is 10.5. The first kappa shape index (κ1) is 11.2.